The molecule has 0 spiro atoms. The maximum absolute atomic E-state index is 12.7. The van der Waals surface area contributed by atoms with Crippen LogP contribution in [-0.4, -0.2) is 38.1 Å². The van der Waals surface area contributed by atoms with Crippen molar-refractivity contribution in [2.45, 2.75) is 6.92 Å². The number of anilines is 1. The molecule has 172 valence electrons. The van der Waals surface area contributed by atoms with Crippen molar-refractivity contribution in [3.63, 3.8) is 0 Å². The number of carbonyl (C=O) groups excluding carboxylic acids is 1. The molecule has 0 fully saturated rings. The summed E-state index contributed by atoms with van der Waals surface area (Å²) in [6.45, 7) is 1.74. The van der Waals surface area contributed by atoms with Gasteiger partial charge in [0.05, 0.1) is 12.0 Å². The van der Waals surface area contributed by atoms with Crippen molar-refractivity contribution in [2.24, 2.45) is 0 Å². The van der Waals surface area contributed by atoms with Gasteiger partial charge in [-0.1, -0.05) is 11.6 Å². The van der Waals surface area contributed by atoms with Crippen LogP contribution in [0.5, 0.6) is 17.2 Å². The summed E-state index contributed by atoms with van der Waals surface area (Å²) in [5, 5.41) is 25.7. The predicted molar refractivity (Wildman–Crippen MR) is 123 cm³/mol. The van der Waals surface area contributed by atoms with Crippen LogP contribution >= 0.6 is 11.6 Å². The first kappa shape index (κ1) is 22.7. The molecule has 0 saturated carbocycles. The van der Waals surface area contributed by atoms with Crippen LogP contribution in [-0.2, 0) is 0 Å². The normalized spacial score (nSPS) is 10.6. The van der Waals surface area contributed by atoms with E-state index in [4.69, 9.17) is 21.1 Å². The molecule has 1 amide bonds. The Balaban J connectivity index is 1.51. The molecule has 4 aromatic rings. The quantitative estimate of drug-likeness (QED) is 0.300. The Bertz CT molecular complexity index is 1370. The zero-order valence-electron chi connectivity index (χ0n) is 17.9. The summed E-state index contributed by atoms with van der Waals surface area (Å²) in [6.07, 6.45) is 0. The fourth-order valence-corrected chi connectivity index (χ4v) is 3.28. The molecule has 11 nitrogen and oxygen atoms in total. The monoisotopic (exact) mass is 480 g/mol. The van der Waals surface area contributed by atoms with Gasteiger partial charge in [-0.3, -0.25) is 14.9 Å². The molecule has 12 heteroatoms. The second-order valence-corrected chi connectivity index (χ2v) is 7.41. The average molecular weight is 481 g/mol. The first-order valence-corrected chi connectivity index (χ1v) is 10.2. The molecule has 4 rings (SSSR count). The van der Waals surface area contributed by atoms with E-state index in [1.165, 1.54) is 42.1 Å². The predicted octanol–water partition coefficient (Wildman–Crippen LogP) is 4.59. The van der Waals surface area contributed by atoms with Gasteiger partial charge in [-0.15, -0.1) is 5.10 Å². The van der Waals surface area contributed by atoms with E-state index in [0.29, 0.717) is 34.3 Å². The van der Waals surface area contributed by atoms with Crippen LogP contribution in [0.3, 0.4) is 0 Å². The molecule has 0 radical (unpaired) electrons. The SMILES string of the molecule is COc1ccc(NC(=O)c2ccc(Oc3ccc(Cl)cc3[N+](=O)[O-])cc2)cc1-n1nnnc1C. The first-order chi connectivity index (χ1) is 16.4. The van der Waals surface area contributed by atoms with E-state index in [-0.39, 0.29) is 22.4 Å². The molecule has 0 aliphatic rings. The number of amides is 1. The average Bonchev–Trinajstić information content (AvgIpc) is 3.26. The molecular weight excluding hydrogens is 464 g/mol. The molecule has 0 saturated heterocycles. The Morgan fingerprint density at radius 1 is 1.09 bits per heavy atom. The number of nitro benzene ring substituents is 1. The van der Waals surface area contributed by atoms with Crippen LogP contribution in [0.25, 0.3) is 5.69 Å². The van der Waals surface area contributed by atoms with Crippen LogP contribution in [0.15, 0.2) is 60.7 Å². The number of methoxy groups -OCH3 is 1. The van der Waals surface area contributed by atoms with Gasteiger partial charge in [-0.25, -0.2) is 0 Å². The van der Waals surface area contributed by atoms with Crippen LogP contribution < -0.4 is 14.8 Å². The Labute approximate surface area is 198 Å². The molecule has 3 aromatic carbocycles. The number of nitro groups is 1. The van der Waals surface area contributed by atoms with E-state index in [0.717, 1.165) is 0 Å². The third-order valence-electron chi connectivity index (χ3n) is 4.75. The lowest BCUT2D eigenvalue weighted by Gasteiger charge is -2.12. The number of carbonyl (C=O) groups is 1. The Morgan fingerprint density at radius 3 is 2.47 bits per heavy atom. The molecule has 1 N–H and O–H groups in total. The zero-order valence-corrected chi connectivity index (χ0v) is 18.7. The largest absolute Gasteiger partial charge is 0.494 e. The van der Waals surface area contributed by atoms with Gasteiger partial charge in [0.15, 0.2) is 5.82 Å². The maximum Gasteiger partial charge on any atom is 0.313 e. The van der Waals surface area contributed by atoms with Crippen LogP contribution in [0.2, 0.25) is 5.02 Å². The minimum Gasteiger partial charge on any atom is -0.494 e. The summed E-state index contributed by atoms with van der Waals surface area (Å²) in [6, 6.07) is 15.4. The van der Waals surface area contributed by atoms with Crippen molar-refractivity contribution in [3.8, 4) is 22.9 Å². The van der Waals surface area contributed by atoms with Gasteiger partial charge in [0.1, 0.15) is 17.2 Å². The number of hydrogen-bond donors (Lipinski definition) is 1. The highest BCUT2D eigenvalue weighted by Gasteiger charge is 2.17. The fourth-order valence-electron chi connectivity index (χ4n) is 3.11. The van der Waals surface area contributed by atoms with Gasteiger partial charge in [-0.05, 0) is 71.9 Å². The summed E-state index contributed by atoms with van der Waals surface area (Å²) >= 11 is 5.83. The van der Waals surface area contributed by atoms with E-state index in [9.17, 15) is 14.9 Å². The van der Waals surface area contributed by atoms with E-state index in [2.05, 4.69) is 20.8 Å². The molecule has 0 aliphatic carbocycles. The summed E-state index contributed by atoms with van der Waals surface area (Å²) in [5.41, 5.74) is 1.17. The highest BCUT2D eigenvalue weighted by Crippen LogP contribution is 2.33. The van der Waals surface area contributed by atoms with Crippen molar-refractivity contribution in [3.05, 3.63) is 87.2 Å². The molecule has 1 aromatic heterocycles. The Hall–Kier alpha value is -4.51. The smallest absolute Gasteiger partial charge is 0.313 e. The van der Waals surface area contributed by atoms with Crippen molar-refractivity contribution in [1.29, 1.82) is 0 Å². The van der Waals surface area contributed by atoms with Gasteiger partial charge >= 0.3 is 5.69 Å². The lowest BCUT2D eigenvalue weighted by atomic mass is 10.2. The summed E-state index contributed by atoms with van der Waals surface area (Å²) < 4.78 is 12.5. The van der Waals surface area contributed by atoms with Crippen molar-refractivity contribution < 1.29 is 19.2 Å². The number of ether oxygens (including phenoxy) is 2. The van der Waals surface area contributed by atoms with Gasteiger partial charge in [0, 0.05) is 22.3 Å². The zero-order chi connectivity index (χ0) is 24.2. The van der Waals surface area contributed by atoms with Crippen LogP contribution in [0.4, 0.5) is 11.4 Å². The lowest BCUT2D eigenvalue weighted by Crippen LogP contribution is -2.12. The number of hydrogen-bond acceptors (Lipinski definition) is 8. The van der Waals surface area contributed by atoms with Crippen molar-refractivity contribution >= 4 is 28.9 Å². The minimum absolute atomic E-state index is 0.0373. The highest BCUT2D eigenvalue weighted by atomic mass is 35.5. The number of aryl methyl sites for hydroxylation is 1. The Morgan fingerprint density at radius 2 is 1.82 bits per heavy atom. The van der Waals surface area contributed by atoms with E-state index >= 15 is 0 Å². The van der Waals surface area contributed by atoms with Crippen molar-refractivity contribution in [2.75, 3.05) is 12.4 Å². The molecular formula is C22H17ClN6O5. The topological polar surface area (TPSA) is 134 Å². The summed E-state index contributed by atoms with van der Waals surface area (Å²) in [5.74, 6) is 1.08. The number of nitrogens with one attached hydrogen (secondary N) is 1. The molecule has 0 aliphatic heterocycles. The highest BCUT2D eigenvalue weighted by molar-refractivity contribution is 6.30. The molecule has 34 heavy (non-hydrogen) atoms. The van der Waals surface area contributed by atoms with E-state index in [1.54, 1.807) is 37.3 Å². The third-order valence-corrected chi connectivity index (χ3v) is 4.99. The van der Waals surface area contributed by atoms with E-state index in [1.807, 2.05) is 0 Å². The molecule has 0 unspecified atom stereocenters. The Kier molecular flexibility index (Phi) is 6.37. The van der Waals surface area contributed by atoms with Gasteiger partial charge < -0.3 is 14.8 Å². The fraction of sp³-hybridized carbons (Fsp3) is 0.0909. The number of tetrazole rings is 1. The van der Waals surface area contributed by atoms with Gasteiger partial charge in [-0.2, -0.15) is 4.68 Å². The molecule has 0 bridgehead atoms. The number of aromatic nitrogens is 4. The second-order valence-electron chi connectivity index (χ2n) is 6.97. The first-order valence-electron chi connectivity index (χ1n) is 9.82. The maximum atomic E-state index is 12.7. The molecule has 1 heterocycles. The number of nitrogens with zero attached hydrogens (tertiary/aromatic N) is 5. The van der Waals surface area contributed by atoms with E-state index < -0.39 is 4.92 Å². The second kappa shape index (κ2) is 9.55. The summed E-state index contributed by atoms with van der Waals surface area (Å²) in [7, 11) is 1.53. The number of rotatable bonds is 7. The molecule has 0 atom stereocenters. The van der Waals surface area contributed by atoms with Gasteiger partial charge in [0.25, 0.3) is 5.91 Å². The lowest BCUT2D eigenvalue weighted by molar-refractivity contribution is -0.385. The summed E-state index contributed by atoms with van der Waals surface area (Å²) in [4.78, 5) is 23.4. The van der Waals surface area contributed by atoms with Crippen LogP contribution in [0, 0.1) is 17.0 Å². The minimum atomic E-state index is -0.580. The number of halogens is 1. The van der Waals surface area contributed by atoms with Gasteiger partial charge in [0.2, 0.25) is 5.75 Å². The standard InChI is InChI=1S/C22H17ClN6O5/c1-13-25-26-27-28(13)18-12-16(6-10-20(18)33-2)24-22(30)14-3-7-17(8-4-14)34-21-9-5-15(23)11-19(21)29(31)32/h3-12H,1-2H3,(H,24,30). The van der Waals surface area contributed by atoms with Crippen LogP contribution in [0.1, 0.15) is 16.2 Å². The third kappa shape index (κ3) is 4.79. The number of benzene rings is 3. The van der Waals surface area contributed by atoms with Crippen molar-refractivity contribution in [1.82, 2.24) is 20.2 Å².